The molecule has 2 unspecified atom stereocenters. The lowest BCUT2D eigenvalue weighted by molar-refractivity contribution is 0.217. The number of nitrogens with two attached hydrogens (primary N) is 1. The Morgan fingerprint density at radius 3 is 2.75 bits per heavy atom. The third-order valence-electron chi connectivity index (χ3n) is 3.18. The molecule has 1 aliphatic rings. The van der Waals surface area contributed by atoms with E-state index in [1.54, 1.807) is 14.1 Å². The number of nitrogens with zero attached hydrogens (tertiary/aromatic N) is 1. The van der Waals surface area contributed by atoms with E-state index in [2.05, 4.69) is 10.6 Å². The maximum Gasteiger partial charge on any atom is 0.316 e. The van der Waals surface area contributed by atoms with E-state index in [1.165, 1.54) is 24.2 Å². The molecule has 1 aliphatic carbocycles. The van der Waals surface area contributed by atoms with Crippen molar-refractivity contribution < 1.29 is 4.79 Å². The topological polar surface area (TPSA) is 70.4 Å². The van der Waals surface area contributed by atoms with Crippen molar-refractivity contribution in [2.75, 3.05) is 33.7 Å². The second-order valence-corrected chi connectivity index (χ2v) is 4.61. The van der Waals surface area contributed by atoms with Gasteiger partial charge in [0.05, 0.1) is 0 Å². The summed E-state index contributed by atoms with van der Waals surface area (Å²) in [6.45, 7) is 2.26. The van der Waals surface area contributed by atoms with Gasteiger partial charge in [0.25, 0.3) is 0 Å². The number of rotatable bonds is 5. The maximum absolute atomic E-state index is 11.2. The number of urea groups is 1. The maximum atomic E-state index is 11.2. The van der Waals surface area contributed by atoms with Crippen LogP contribution in [0.1, 0.15) is 19.3 Å². The summed E-state index contributed by atoms with van der Waals surface area (Å²) in [4.78, 5) is 12.8. The molecule has 0 saturated heterocycles. The lowest BCUT2D eigenvalue weighted by Gasteiger charge is -2.20. The number of amides is 2. The van der Waals surface area contributed by atoms with Crippen LogP contribution in [-0.4, -0.2) is 50.7 Å². The molecule has 0 aromatic rings. The average Bonchev–Trinajstić information content (AvgIpc) is 2.71. The van der Waals surface area contributed by atoms with Gasteiger partial charge in [-0.3, -0.25) is 0 Å². The third-order valence-corrected chi connectivity index (χ3v) is 3.18. The minimum Gasteiger partial charge on any atom is -0.337 e. The van der Waals surface area contributed by atoms with Gasteiger partial charge in [-0.05, 0) is 25.3 Å². The van der Waals surface area contributed by atoms with Crippen LogP contribution in [0.25, 0.3) is 0 Å². The fourth-order valence-corrected chi connectivity index (χ4v) is 2.17. The van der Waals surface area contributed by atoms with E-state index < -0.39 is 0 Å². The molecule has 16 heavy (non-hydrogen) atoms. The molecule has 0 bridgehead atoms. The highest BCUT2D eigenvalue weighted by Gasteiger charge is 2.24. The van der Waals surface area contributed by atoms with Crippen molar-refractivity contribution in [3.05, 3.63) is 0 Å². The van der Waals surface area contributed by atoms with Gasteiger partial charge in [0.15, 0.2) is 0 Å². The largest absolute Gasteiger partial charge is 0.337 e. The zero-order valence-corrected chi connectivity index (χ0v) is 10.3. The summed E-state index contributed by atoms with van der Waals surface area (Å²) in [5.41, 5.74) is 5.70. The summed E-state index contributed by atoms with van der Waals surface area (Å²) >= 11 is 0. The second-order valence-electron chi connectivity index (χ2n) is 4.61. The van der Waals surface area contributed by atoms with E-state index in [1.807, 2.05) is 0 Å². The van der Waals surface area contributed by atoms with Gasteiger partial charge in [-0.1, -0.05) is 6.42 Å². The first-order valence-electron chi connectivity index (χ1n) is 6.03. The molecule has 0 radical (unpaired) electrons. The van der Waals surface area contributed by atoms with Crippen molar-refractivity contribution in [3.63, 3.8) is 0 Å². The van der Waals surface area contributed by atoms with Crippen LogP contribution in [0.15, 0.2) is 0 Å². The van der Waals surface area contributed by atoms with Crippen LogP contribution < -0.4 is 16.4 Å². The number of carbonyl (C=O) groups is 1. The van der Waals surface area contributed by atoms with Crippen molar-refractivity contribution in [1.29, 1.82) is 0 Å². The van der Waals surface area contributed by atoms with E-state index in [0.717, 1.165) is 13.1 Å². The van der Waals surface area contributed by atoms with Crippen LogP contribution in [0.5, 0.6) is 0 Å². The fraction of sp³-hybridized carbons (Fsp3) is 0.909. The first-order valence-corrected chi connectivity index (χ1v) is 6.03. The number of nitrogens with one attached hydrogen (secondary N) is 2. The summed E-state index contributed by atoms with van der Waals surface area (Å²) in [5, 5.41) is 6.30. The number of carbonyl (C=O) groups excluding carboxylic acids is 1. The Kier molecular flexibility index (Phi) is 5.55. The zero-order valence-electron chi connectivity index (χ0n) is 10.3. The summed E-state index contributed by atoms with van der Waals surface area (Å²) in [6, 6.07) is 0.504. The molecule has 0 aliphatic heterocycles. The van der Waals surface area contributed by atoms with Crippen molar-refractivity contribution in [2.45, 2.75) is 25.3 Å². The van der Waals surface area contributed by atoms with Gasteiger partial charge >= 0.3 is 6.03 Å². The summed E-state index contributed by atoms with van der Waals surface area (Å²) in [5.74, 6) is 0.615. The van der Waals surface area contributed by atoms with Crippen LogP contribution in [-0.2, 0) is 0 Å². The number of hydrogen-bond donors (Lipinski definition) is 3. The molecule has 0 aromatic heterocycles. The standard InChI is InChI=1S/C11H24N4O/c1-15(2)11(16)14-7-6-13-10-5-3-4-9(10)8-12/h9-10,13H,3-8,12H2,1-2H3,(H,14,16). The van der Waals surface area contributed by atoms with Gasteiger partial charge in [0, 0.05) is 33.2 Å². The smallest absolute Gasteiger partial charge is 0.316 e. The minimum absolute atomic E-state index is 0.0383. The Hall–Kier alpha value is -0.810. The predicted molar refractivity (Wildman–Crippen MR) is 65.3 cm³/mol. The highest BCUT2D eigenvalue weighted by Crippen LogP contribution is 2.24. The van der Waals surface area contributed by atoms with Crippen molar-refractivity contribution >= 4 is 6.03 Å². The Balaban J connectivity index is 2.09. The molecule has 94 valence electrons. The molecule has 2 amide bonds. The van der Waals surface area contributed by atoms with Gasteiger partial charge in [-0.25, -0.2) is 4.79 Å². The zero-order chi connectivity index (χ0) is 12.0. The Morgan fingerprint density at radius 1 is 1.38 bits per heavy atom. The minimum atomic E-state index is -0.0383. The molecule has 0 spiro atoms. The Labute approximate surface area is 97.7 Å². The summed E-state index contributed by atoms with van der Waals surface area (Å²) in [7, 11) is 3.48. The molecule has 1 saturated carbocycles. The molecule has 1 rings (SSSR count). The third kappa shape index (κ3) is 3.98. The SMILES string of the molecule is CN(C)C(=O)NCCNC1CCCC1CN. The fourth-order valence-electron chi connectivity index (χ4n) is 2.17. The molecule has 0 heterocycles. The van der Waals surface area contributed by atoms with Crippen LogP contribution in [0.4, 0.5) is 4.79 Å². The summed E-state index contributed by atoms with van der Waals surface area (Å²) < 4.78 is 0. The molecule has 2 atom stereocenters. The molecular formula is C11H24N4O. The van der Waals surface area contributed by atoms with E-state index in [-0.39, 0.29) is 6.03 Å². The van der Waals surface area contributed by atoms with Gasteiger partial charge in [-0.2, -0.15) is 0 Å². The van der Waals surface area contributed by atoms with Gasteiger partial charge in [0.1, 0.15) is 0 Å². The van der Waals surface area contributed by atoms with Crippen molar-refractivity contribution in [2.24, 2.45) is 11.7 Å². The van der Waals surface area contributed by atoms with Crippen molar-refractivity contribution in [1.82, 2.24) is 15.5 Å². The molecular weight excluding hydrogens is 204 g/mol. The van der Waals surface area contributed by atoms with E-state index in [0.29, 0.717) is 18.5 Å². The van der Waals surface area contributed by atoms with Crippen LogP contribution in [0.3, 0.4) is 0 Å². The Bertz CT molecular complexity index is 220. The first-order chi connectivity index (χ1) is 7.65. The molecule has 1 fully saturated rings. The molecule has 5 nitrogen and oxygen atoms in total. The van der Waals surface area contributed by atoms with Gasteiger partial charge in [0.2, 0.25) is 0 Å². The van der Waals surface area contributed by atoms with Crippen LogP contribution in [0.2, 0.25) is 0 Å². The monoisotopic (exact) mass is 228 g/mol. The predicted octanol–water partition coefficient (Wildman–Crippen LogP) is -0.0254. The lowest BCUT2D eigenvalue weighted by atomic mass is 10.0. The van der Waals surface area contributed by atoms with Crippen LogP contribution in [0, 0.1) is 5.92 Å². The normalized spacial score (nSPS) is 24.4. The highest BCUT2D eigenvalue weighted by atomic mass is 16.2. The average molecular weight is 228 g/mol. The molecule has 5 heteroatoms. The van der Waals surface area contributed by atoms with E-state index in [4.69, 9.17) is 5.73 Å². The van der Waals surface area contributed by atoms with Crippen LogP contribution >= 0.6 is 0 Å². The van der Waals surface area contributed by atoms with E-state index >= 15 is 0 Å². The highest BCUT2D eigenvalue weighted by molar-refractivity contribution is 5.73. The molecule has 4 N–H and O–H groups in total. The summed E-state index contributed by atoms with van der Waals surface area (Å²) in [6.07, 6.45) is 3.71. The lowest BCUT2D eigenvalue weighted by Crippen LogP contribution is -2.42. The van der Waals surface area contributed by atoms with Gasteiger partial charge in [-0.15, -0.1) is 0 Å². The van der Waals surface area contributed by atoms with Crippen molar-refractivity contribution in [3.8, 4) is 0 Å². The van der Waals surface area contributed by atoms with Gasteiger partial charge < -0.3 is 21.3 Å². The first kappa shape index (κ1) is 13.3. The van der Waals surface area contributed by atoms with E-state index in [9.17, 15) is 4.79 Å². The quantitative estimate of drug-likeness (QED) is 0.579. The Morgan fingerprint density at radius 2 is 2.12 bits per heavy atom. The molecule has 0 aromatic carbocycles. The number of hydrogen-bond acceptors (Lipinski definition) is 3. The second kappa shape index (κ2) is 6.70.